The summed E-state index contributed by atoms with van der Waals surface area (Å²) < 4.78 is 73.8. The molecule has 59 heavy (non-hydrogen) atoms. The zero-order chi connectivity index (χ0) is 42.2. The van der Waals surface area contributed by atoms with Crippen LogP contribution in [0.1, 0.15) is 110 Å². The molecule has 4 aliphatic carbocycles. The maximum atomic E-state index is 14.9. The van der Waals surface area contributed by atoms with Crippen molar-refractivity contribution in [2.45, 2.75) is 141 Å². The van der Waals surface area contributed by atoms with Gasteiger partial charge in [0, 0.05) is 24.8 Å². The van der Waals surface area contributed by atoms with E-state index < -0.39 is 86.0 Å². The average molecular weight is 843 g/mol. The van der Waals surface area contributed by atoms with Crippen LogP contribution >= 0.6 is 0 Å². The minimum atomic E-state index is -4.18. The molecule has 0 unspecified atom stereocenters. The van der Waals surface area contributed by atoms with E-state index in [4.69, 9.17) is 24.2 Å². The maximum Gasteiger partial charge on any atom is 0.306 e. The molecule has 16 heteroatoms. The first kappa shape index (κ1) is 41.8. The largest absolute Gasteiger partial charge is 0.497 e. The summed E-state index contributed by atoms with van der Waals surface area (Å²) in [6, 6.07) is 4.15. The first-order chi connectivity index (χ1) is 27.8. The Morgan fingerprint density at radius 3 is 2.47 bits per heavy atom. The van der Waals surface area contributed by atoms with E-state index >= 15 is 0 Å². The number of aryl methyl sites for hydroxylation is 1. The van der Waals surface area contributed by atoms with Crippen molar-refractivity contribution >= 4 is 44.6 Å². The van der Waals surface area contributed by atoms with Crippen molar-refractivity contribution in [3.05, 3.63) is 23.9 Å². The highest BCUT2D eigenvalue weighted by molar-refractivity contribution is 7.91. The van der Waals surface area contributed by atoms with Crippen molar-refractivity contribution in [2.75, 3.05) is 13.7 Å². The van der Waals surface area contributed by atoms with Gasteiger partial charge in [-0.2, -0.15) is 0 Å². The van der Waals surface area contributed by atoms with Crippen LogP contribution in [0.3, 0.4) is 0 Å². The molecule has 2 aromatic rings. The van der Waals surface area contributed by atoms with E-state index in [-0.39, 0.29) is 43.7 Å². The molecule has 2 aliphatic heterocycles. The Kier molecular flexibility index (Phi) is 10.8. The monoisotopic (exact) mass is 842 g/mol. The number of rotatable bonds is 8. The van der Waals surface area contributed by atoms with Gasteiger partial charge in [-0.05, 0) is 93.6 Å². The van der Waals surface area contributed by atoms with Crippen LogP contribution < -0.4 is 14.2 Å². The summed E-state index contributed by atoms with van der Waals surface area (Å²) in [4.78, 5) is 68.0. The fourth-order valence-corrected chi connectivity index (χ4v) is 11.3. The minimum absolute atomic E-state index is 0.0525. The van der Waals surface area contributed by atoms with Gasteiger partial charge in [-0.15, -0.1) is 0 Å². The zero-order valence-corrected chi connectivity index (χ0v) is 35.3. The van der Waals surface area contributed by atoms with Crippen LogP contribution in [0, 0.1) is 40.4 Å². The highest BCUT2D eigenvalue weighted by atomic mass is 32.2. The van der Waals surface area contributed by atoms with Crippen molar-refractivity contribution in [1.29, 1.82) is 0 Å². The van der Waals surface area contributed by atoms with E-state index in [1.54, 1.807) is 19.2 Å². The van der Waals surface area contributed by atoms with Crippen LogP contribution in [0.4, 0.5) is 8.78 Å². The second-order valence-electron chi connectivity index (χ2n) is 19.5. The number of methoxy groups -OCH3 is 1. The van der Waals surface area contributed by atoms with Crippen LogP contribution in [0.5, 0.6) is 11.6 Å². The van der Waals surface area contributed by atoms with Gasteiger partial charge in [0.05, 0.1) is 53.2 Å². The number of sulfonamides is 1. The third kappa shape index (κ3) is 8.15. The van der Waals surface area contributed by atoms with Gasteiger partial charge < -0.3 is 19.1 Å². The number of carbonyl (C=O) groups excluding carboxylic acids is 4. The Labute approximate surface area is 344 Å². The van der Waals surface area contributed by atoms with Gasteiger partial charge in [-0.3, -0.25) is 23.9 Å². The molecule has 13 nitrogen and oxygen atoms in total. The first-order valence-corrected chi connectivity index (χ1v) is 22.7. The van der Waals surface area contributed by atoms with E-state index in [1.807, 2.05) is 31.6 Å². The Hall–Kier alpha value is -3.95. The number of hydrogen-bond donors (Lipinski definition) is 1. The van der Waals surface area contributed by atoms with Gasteiger partial charge in [-0.1, -0.05) is 33.6 Å². The predicted molar refractivity (Wildman–Crippen MR) is 211 cm³/mol. The van der Waals surface area contributed by atoms with Crippen LogP contribution in [0.25, 0.3) is 11.0 Å². The molecule has 6 aliphatic rings. The predicted octanol–water partition coefficient (Wildman–Crippen LogP) is 5.95. The fourth-order valence-electron chi connectivity index (χ4n) is 10.0. The molecule has 9 atom stereocenters. The number of hydrogen-bond acceptors (Lipinski definition) is 11. The second-order valence-corrected chi connectivity index (χ2v) is 21.6. The average Bonchev–Trinajstić information content (AvgIpc) is 4.13. The van der Waals surface area contributed by atoms with E-state index in [1.165, 1.54) is 11.8 Å². The second kappa shape index (κ2) is 15.2. The van der Waals surface area contributed by atoms with E-state index in [9.17, 15) is 36.4 Å². The summed E-state index contributed by atoms with van der Waals surface area (Å²) in [6.45, 7) is 6.90. The zero-order valence-electron chi connectivity index (χ0n) is 34.5. The smallest absolute Gasteiger partial charge is 0.306 e. The lowest BCUT2D eigenvalue weighted by atomic mass is 9.77. The van der Waals surface area contributed by atoms with Gasteiger partial charge in [0.15, 0.2) is 5.78 Å². The summed E-state index contributed by atoms with van der Waals surface area (Å²) >= 11 is 0. The molecule has 2 bridgehead atoms. The van der Waals surface area contributed by atoms with Gasteiger partial charge in [0.25, 0.3) is 0 Å². The molecular weight excluding hydrogens is 787 g/mol. The third-order valence-electron chi connectivity index (χ3n) is 14.3. The number of benzene rings is 1. The number of ether oxygens (including phenoxy) is 3. The number of fused-ring (bicyclic) bond motifs is 7. The standard InChI is InChI=1S/C43H56F2N4O9S/c1-41(2,3)28-19-36(51)58-35-16-23-15-27(23)26(35)9-7-6-8-10-31-38(47-32-17-24(56-5)11-12-30(32)46-31)57-25-18-33(49(22-25)39(28)52)34(50)21-43(20-29(43)37(44)45)40(53)48-59(54,55)42(4)13-14-42/h11-12,17,23,25-29,33,35,37H,6-10,13-16,18-22H2,1-5H3,(H,48,53)/t23-,25+,26+,27-,28+,29-,33-,35+,43+/m0/s1. The Morgan fingerprint density at radius 2 is 1.80 bits per heavy atom. The van der Waals surface area contributed by atoms with Crippen molar-refractivity contribution in [1.82, 2.24) is 19.6 Å². The Bertz CT molecular complexity index is 2140. The summed E-state index contributed by atoms with van der Waals surface area (Å²) in [5.41, 5.74) is -0.934. The number of esters is 1. The number of carbonyl (C=O) groups is 4. The number of ketones is 1. The third-order valence-corrected chi connectivity index (χ3v) is 16.5. The molecule has 8 rings (SSSR count). The van der Waals surface area contributed by atoms with Crippen molar-refractivity contribution < 1.29 is 50.6 Å². The lowest BCUT2D eigenvalue weighted by Gasteiger charge is -2.35. The van der Waals surface area contributed by atoms with Crippen LogP contribution in [0.2, 0.25) is 0 Å². The highest BCUT2D eigenvalue weighted by Crippen LogP contribution is 2.60. The van der Waals surface area contributed by atoms with Gasteiger partial charge in [0.1, 0.15) is 23.7 Å². The summed E-state index contributed by atoms with van der Waals surface area (Å²) in [7, 11) is -2.64. The molecule has 0 spiro atoms. The molecule has 322 valence electrons. The molecular formula is C43H56F2N4O9S. The molecule has 3 heterocycles. The Balaban J connectivity index is 1.13. The number of Topliss-reactive ketones (excluding diaryl/α,β-unsaturated/α-hetero) is 1. The van der Waals surface area contributed by atoms with Crippen LogP contribution in [-0.2, 0) is 40.4 Å². The van der Waals surface area contributed by atoms with Crippen molar-refractivity contribution in [3.63, 3.8) is 0 Å². The number of halogens is 2. The number of aromatic nitrogens is 2. The number of nitrogens with zero attached hydrogens (tertiary/aromatic N) is 3. The number of alkyl halides is 2. The summed E-state index contributed by atoms with van der Waals surface area (Å²) in [5.74, 6) is -3.06. The minimum Gasteiger partial charge on any atom is -0.497 e. The molecule has 4 saturated carbocycles. The van der Waals surface area contributed by atoms with E-state index in [0.717, 1.165) is 38.5 Å². The molecule has 0 radical (unpaired) electrons. The van der Waals surface area contributed by atoms with E-state index in [2.05, 4.69) is 0 Å². The lowest BCUT2D eigenvalue weighted by molar-refractivity contribution is -0.158. The van der Waals surface area contributed by atoms with Gasteiger partial charge >= 0.3 is 5.97 Å². The molecule has 2 amide bonds. The van der Waals surface area contributed by atoms with Gasteiger partial charge in [0.2, 0.25) is 34.1 Å². The lowest BCUT2D eigenvalue weighted by Crippen LogP contribution is -2.49. The van der Waals surface area contributed by atoms with E-state index in [0.29, 0.717) is 53.6 Å². The Morgan fingerprint density at radius 1 is 1.03 bits per heavy atom. The van der Waals surface area contributed by atoms with Crippen LogP contribution in [0.15, 0.2) is 18.2 Å². The fraction of sp³-hybridized carbons (Fsp3) is 0.721. The molecule has 1 aromatic heterocycles. The first-order valence-electron chi connectivity index (χ1n) is 21.2. The van der Waals surface area contributed by atoms with Crippen LogP contribution in [-0.4, -0.2) is 89.9 Å². The number of nitrogens with one attached hydrogen (secondary N) is 1. The molecule has 5 fully saturated rings. The maximum absolute atomic E-state index is 14.9. The molecule has 1 N–H and O–H groups in total. The molecule has 1 saturated heterocycles. The van der Waals surface area contributed by atoms with Crippen molar-refractivity contribution in [2.24, 2.45) is 40.4 Å². The normalized spacial score (nSPS) is 33.1. The quantitative estimate of drug-likeness (QED) is 0.312. The summed E-state index contributed by atoms with van der Waals surface area (Å²) in [6.07, 6.45) is 1.41. The number of amides is 2. The SMILES string of the molecule is COc1ccc2nc3c(nc2c1)O[C@@H]1C[C@@H](C(=O)C[C@]2(C(=O)NS(=O)(=O)C4(C)CC4)C[C@H]2C(F)F)N(C1)C(=O)[C@H](C(C)(C)C)CC(=O)O[C@@H]1C[C@@H]2C[C@@H]2[C@H]1CCCCC3. The van der Waals surface area contributed by atoms with Crippen molar-refractivity contribution in [3.8, 4) is 11.6 Å². The van der Waals surface area contributed by atoms with Gasteiger partial charge in [-0.25, -0.2) is 27.2 Å². The molecule has 1 aromatic carbocycles. The highest BCUT2D eigenvalue weighted by Gasteiger charge is 2.67. The summed E-state index contributed by atoms with van der Waals surface area (Å²) in [5, 5.41) is 0. The topological polar surface area (TPSA) is 171 Å².